The average Bonchev–Trinajstić information content (AvgIpc) is 2.28. The number of hydrogen-bond donors (Lipinski definition) is 1. The second kappa shape index (κ2) is 4.45. The van der Waals surface area contributed by atoms with E-state index in [1.165, 1.54) is 6.07 Å². The van der Waals surface area contributed by atoms with Gasteiger partial charge in [0, 0.05) is 13.1 Å². The van der Waals surface area contributed by atoms with Gasteiger partial charge in [0.1, 0.15) is 11.4 Å². The standard InChI is InChI=1S/C10H13N3O4S/c11-8-2-1-3-9(10(8)13(14)15)12-4-6-18(16,17)7-5-12/h1-3H,4-7,11H2. The molecule has 8 heteroatoms. The number of anilines is 2. The van der Waals surface area contributed by atoms with Gasteiger partial charge in [-0.1, -0.05) is 6.07 Å². The first-order valence-corrected chi connectivity index (χ1v) is 7.21. The molecule has 0 spiro atoms. The van der Waals surface area contributed by atoms with Crippen molar-refractivity contribution in [3.05, 3.63) is 28.3 Å². The highest BCUT2D eigenvalue weighted by atomic mass is 32.2. The van der Waals surface area contributed by atoms with Crippen LogP contribution in [0.15, 0.2) is 18.2 Å². The minimum Gasteiger partial charge on any atom is -0.393 e. The molecule has 1 heterocycles. The fourth-order valence-electron chi connectivity index (χ4n) is 1.96. The van der Waals surface area contributed by atoms with E-state index in [-0.39, 0.29) is 36.0 Å². The van der Waals surface area contributed by atoms with E-state index in [1.54, 1.807) is 17.0 Å². The van der Waals surface area contributed by atoms with Crippen LogP contribution in [0, 0.1) is 10.1 Å². The molecule has 1 aromatic rings. The molecule has 7 nitrogen and oxygen atoms in total. The Morgan fingerprint density at radius 1 is 1.28 bits per heavy atom. The molecule has 1 aliphatic heterocycles. The summed E-state index contributed by atoms with van der Waals surface area (Å²) in [5.41, 5.74) is 5.91. The Morgan fingerprint density at radius 2 is 1.89 bits per heavy atom. The summed E-state index contributed by atoms with van der Waals surface area (Å²) in [6.45, 7) is 0.513. The summed E-state index contributed by atoms with van der Waals surface area (Å²) >= 11 is 0. The van der Waals surface area contributed by atoms with Crippen LogP contribution in [-0.2, 0) is 9.84 Å². The van der Waals surface area contributed by atoms with Crippen molar-refractivity contribution in [3.63, 3.8) is 0 Å². The highest BCUT2D eigenvalue weighted by Gasteiger charge is 2.27. The van der Waals surface area contributed by atoms with Gasteiger partial charge in [0.15, 0.2) is 9.84 Å². The lowest BCUT2D eigenvalue weighted by Gasteiger charge is -2.28. The maximum absolute atomic E-state index is 11.3. The Kier molecular flexibility index (Phi) is 3.12. The first-order chi connectivity index (χ1) is 8.41. The second-order valence-corrected chi connectivity index (χ2v) is 6.41. The Bertz CT molecular complexity index is 571. The fraction of sp³-hybridized carbons (Fsp3) is 0.400. The molecule has 0 saturated carbocycles. The zero-order valence-corrected chi connectivity index (χ0v) is 10.4. The van der Waals surface area contributed by atoms with Crippen molar-refractivity contribution in [3.8, 4) is 0 Å². The Balaban J connectivity index is 2.35. The summed E-state index contributed by atoms with van der Waals surface area (Å²) in [5.74, 6) is 0.0257. The zero-order chi connectivity index (χ0) is 13.3. The van der Waals surface area contributed by atoms with Gasteiger partial charge >= 0.3 is 5.69 Å². The summed E-state index contributed by atoms with van der Waals surface area (Å²) in [4.78, 5) is 12.1. The number of benzene rings is 1. The van der Waals surface area contributed by atoms with Gasteiger partial charge in [-0.3, -0.25) is 10.1 Å². The third-order valence-electron chi connectivity index (χ3n) is 2.91. The molecule has 18 heavy (non-hydrogen) atoms. The number of nitrogen functional groups attached to an aromatic ring is 1. The van der Waals surface area contributed by atoms with Crippen LogP contribution in [0.4, 0.5) is 17.1 Å². The molecule has 0 aliphatic carbocycles. The van der Waals surface area contributed by atoms with Gasteiger partial charge in [-0.15, -0.1) is 0 Å². The highest BCUT2D eigenvalue weighted by Crippen LogP contribution is 2.34. The number of nitro benzene ring substituents is 1. The van der Waals surface area contributed by atoms with Crippen LogP contribution in [0.1, 0.15) is 0 Å². The van der Waals surface area contributed by atoms with E-state index >= 15 is 0 Å². The van der Waals surface area contributed by atoms with Gasteiger partial charge < -0.3 is 10.6 Å². The van der Waals surface area contributed by atoms with E-state index in [2.05, 4.69) is 0 Å². The van der Waals surface area contributed by atoms with Crippen LogP contribution in [0.2, 0.25) is 0 Å². The van der Waals surface area contributed by atoms with Gasteiger partial charge in [-0.05, 0) is 12.1 Å². The third kappa shape index (κ3) is 2.37. The Labute approximate surface area is 104 Å². The van der Waals surface area contributed by atoms with E-state index in [9.17, 15) is 18.5 Å². The molecule has 0 amide bonds. The van der Waals surface area contributed by atoms with Gasteiger partial charge in [0.25, 0.3) is 0 Å². The van der Waals surface area contributed by atoms with Crippen molar-refractivity contribution >= 4 is 26.9 Å². The van der Waals surface area contributed by atoms with E-state index in [1.807, 2.05) is 0 Å². The van der Waals surface area contributed by atoms with Gasteiger partial charge in [-0.2, -0.15) is 0 Å². The van der Waals surface area contributed by atoms with Crippen molar-refractivity contribution in [2.75, 3.05) is 35.2 Å². The van der Waals surface area contributed by atoms with E-state index < -0.39 is 14.8 Å². The first-order valence-electron chi connectivity index (χ1n) is 5.39. The first kappa shape index (κ1) is 12.6. The number of hydrogen-bond acceptors (Lipinski definition) is 6. The normalized spacial score (nSPS) is 18.6. The van der Waals surface area contributed by atoms with Crippen molar-refractivity contribution < 1.29 is 13.3 Å². The van der Waals surface area contributed by atoms with E-state index in [0.717, 1.165) is 0 Å². The minimum atomic E-state index is -3.01. The highest BCUT2D eigenvalue weighted by molar-refractivity contribution is 7.91. The van der Waals surface area contributed by atoms with Crippen LogP contribution < -0.4 is 10.6 Å². The monoisotopic (exact) mass is 271 g/mol. The molecule has 2 N–H and O–H groups in total. The number of para-hydroxylation sites is 1. The number of nitrogens with two attached hydrogens (primary N) is 1. The lowest BCUT2D eigenvalue weighted by molar-refractivity contribution is -0.383. The van der Waals surface area contributed by atoms with Crippen molar-refractivity contribution in [1.82, 2.24) is 0 Å². The van der Waals surface area contributed by atoms with Crippen LogP contribution in [0.3, 0.4) is 0 Å². The molecular weight excluding hydrogens is 258 g/mol. The summed E-state index contributed by atoms with van der Waals surface area (Å²) in [7, 11) is -3.01. The maximum atomic E-state index is 11.3. The average molecular weight is 271 g/mol. The molecule has 1 aliphatic rings. The second-order valence-electron chi connectivity index (χ2n) is 4.11. The molecule has 98 valence electrons. The molecular formula is C10H13N3O4S. The molecule has 0 unspecified atom stereocenters. The topological polar surface area (TPSA) is 107 Å². The summed E-state index contributed by atoms with van der Waals surface area (Å²) in [6.07, 6.45) is 0. The molecule has 1 fully saturated rings. The predicted molar refractivity (Wildman–Crippen MR) is 68.4 cm³/mol. The Morgan fingerprint density at radius 3 is 2.44 bits per heavy atom. The molecule has 2 rings (SSSR count). The number of rotatable bonds is 2. The summed E-state index contributed by atoms with van der Waals surface area (Å²) in [6, 6.07) is 4.68. The van der Waals surface area contributed by atoms with Crippen LogP contribution in [0.5, 0.6) is 0 Å². The maximum Gasteiger partial charge on any atom is 0.315 e. The summed E-state index contributed by atoms with van der Waals surface area (Å²) in [5, 5.41) is 11.0. The quantitative estimate of drug-likeness (QED) is 0.474. The lowest BCUT2D eigenvalue weighted by Crippen LogP contribution is -2.40. The number of nitrogens with zero attached hydrogens (tertiary/aromatic N) is 2. The van der Waals surface area contributed by atoms with Gasteiger partial charge in [0.05, 0.1) is 16.4 Å². The van der Waals surface area contributed by atoms with E-state index in [4.69, 9.17) is 5.73 Å². The van der Waals surface area contributed by atoms with Crippen molar-refractivity contribution in [1.29, 1.82) is 0 Å². The smallest absolute Gasteiger partial charge is 0.315 e. The third-order valence-corrected chi connectivity index (χ3v) is 4.52. The number of nitro groups is 1. The largest absolute Gasteiger partial charge is 0.393 e. The predicted octanol–water partition coefficient (Wildman–Crippen LogP) is 0.412. The van der Waals surface area contributed by atoms with Gasteiger partial charge in [0.2, 0.25) is 0 Å². The fourth-order valence-corrected chi connectivity index (χ4v) is 3.16. The molecule has 0 aromatic heterocycles. The van der Waals surface area contributed by atoms with Crippen molar-refractivity contribution in [2.45, 2.75) is 0 Å². The summed E-state index contributed by atoms with van der Waals surface area (Å²) < 4.78 is 22.7. The molecule has 1 saturated heterocycles. The zero-order valence-electron chi connectivity index (χ0n) is 9.57. The minimum absolute atomic E-state index is 0.0129. The number of sulfone groups is 1. The lowest BCUT2D eigenvalue weighted by atomic mass is 10.2. The Hall–Kier alpha value is -1.83. The van der Waals surface area contributed by atoms with Crippen LogP contribution in [0.25, 0.3) is 0 Å². The molecule has 0 radical (unpaired) electrons. The van der Waals surface area contributed by atoms with Crippen LogP contribution >= 0.6 is 0 Å². The van der Waals surface area contributed by atoms with Crippen LogP contribution in [-0.4, -0.2) is 37.9 Å². The molecule has 1 aromatic carbocycles. The van der Waals surface area contributed by atoms with E-state index in [0.29, 0.717) is 5.69 Å². The molecule has 0 atom stereocenters. The SMILES string of the molecule is Nc1cccc(N2CCS(=O)(=O)CC2)c1[N+](=O)[O-]. The molecule has 0 bridgehead atoms. The van der Waals surface area contributed by atoms with Crippen molar-refractivity contribution in [2.24, 2.45) is 0 Å². The van der Waals surface area contributed by atoms with Gasteiger partial charge in [-0.25, -0.2) is 8.42 Å².